The fraction of sp³-hybridized carbons (Fsp3) is 0.345. The normalized spacial score (nSPS) is 15.3. The van der Waals surface area contributed by atoms with Crippen LogP contribution in [0, 0.1) is 5.82 Å². The number of pyridine rings is 1. The lowest BCUT2D eigenvalue weighted by Gasteiger charge is -2.28. The van der Waals surface area contributed by atoms with Gasteiger partial charge < -0.3 is 35.1 Å². The van der Waals surface area contributed by atoms with Crippen LogP contribution in [-0.4, -0.2) is 82.0 Å². The number of nitrogens with one attached hydrogen (secondary N) is 3. The van der Waals surface area contributed by atoms with Crippen LogP contribution in [0.15, 0.2) is 53.3 Å². The first kappa shape index (κ1) is 27.5. The smallest absolute Gasteiger partial charge is 0.257 e. The lowest BCUT2D eigenvalue weighted by Crippen LogP contribution is -2.42. The zero-order valence-electron chi connectivity index (χ0n) is 21.8. The maximum absolute atomic E-state index is 14.3. The highest BCUT2D eigenvalue weighted by Crippen LogP contribution is 2.25. The Labute approximate surface area is 228 Å². The molecule has 2 atom stereocenters. The average molecular weight is 551 g/mol. The van der Waals surface area contributed by atoms with Crippen molar-refractivity contribution in [3.05, 3.63) is 70.3 Å². The highest BCUT2D eigenvalue weighted by molar-refractivity contribution is 5.99. The summed E-state index contributed by atoms with van der Waals surface area (Å²) in [5, 5.41) is 24.3. The summed E-state index contributed by atoms with van der Waals surface area (Å²) < 4.78 is 19.5. The Kier molecular flexibility index (Phi) is 8.24. The van der Waals surface area contributed by atoms with Crippen molar-refractivity contribution in [3.63, 3.8) is 0 Å². The average Bonchev–Trinajstić information content (AvgIpc) is 3.36. The predicted octanol–water partition coefficient (Wildman–Crippen LogP) is 2.30. The number of hydrogen-bond acceptors (Lipinski definition) is 6. The van der Waals surface area contributed by atoms with E-state index in [0.29, 0.717) is 54.0 Å². The SMILES string of the molecule is O=C(NCCC(O)CC(O)CC(=O)N1CCOCC1)c1ccc2cc(-c3cc4c(F)cccc4[nH]c3=O)[nH]c2c1. The molecule has 2 aromatic carbocycles. The van der Waals surface area contributed by atoms with Gasteiger partial charge in [0, 0.05) is 41.5 Å². The van der Waals surface area contributed by atoms with E-state index in [4.69, 9.17) is 4.74 Å². The molecule has 0 saturated carbocycles. The molecule has 1 fully saturated rings. The van der Waals surface area contributed by atoms with Crippen molar-refractivity contribution in [2.75, 3.05) is 32.8 Å². The van der Waals surface area contributed by atoms with Crippen LogP contribution in [0.4, 0.5) is 4.39 Å². The van der Waals surface area contributed by atoms with Crippen molar-refractivity contribution >= 4 is 33.6 Å². The van der Waals surface area contributed by atoms with E-state index in [-0.39, 0.29) is 48.7 Å². The largest absolute Gasteiger partial charge is 0.393 e. The van der Waals surface area contributed by atoms with Crippen molar-refractivity contribution in [1.82, 2.24) is 20.2 Å². The number of aliphatic hydroxyl groups is 2. The van der Waals surface area contributed by atoms with Gasteiger partial charge in [-0.05, 0) is 49.2 Å². The van der Waals surface area contributed by atoms with Crippen LogP contribution in [0.3, 0.4) is 0 Å². The lowest BCUT2D eigenvalue weighted by atomic mass is 10.1. The van der Waals surface area contributed by atoms with E-state index in [2.05, 4.69) is 15.3 Å². The van der Waals surface area contributed by atoms with Gasteiger partial charge in [-0.15, -0.1) is 0 Å². The van der Waals surface area contributed by atoms with Gasteiger partial charge in [0.2, 0.25) is 5.91 Å². The van der Waals surface area contributed by atoms with Gasteiger partial charge in [-0.1, -0.05) is 12.1 Å². The van der Waals surface area contributed by atoms with Crippen LogP contribution in [-0.2, 0) is 9.53 Å². The minimum absolute atomic E-state index is 0.0287. The van der Waals surface area contributed by atoms with Crippen molar-refractivity contribution in [2.45, 2.75) is 31.5 Å². The number of rotatable bonds is 9. The molecule has 2 aromatic heterocycles. The molecule has 5 rings (SSSR count). The molecule has 3 heterocycles. The molecule has 0 bridgehead atoms. The van der Waals surface area contributed by atoms with E-state index < -0.39 is 18.0 Å². The summed E-state index contributed by atoms with van der Waals surface area (Å²) in [5.74, 6) is -0.957. The summed E-state index contributed by atoms with van der Waals surface area (Å²) in [5.41, 5.74) is 1.82. The topological polar surface area (TPSA) is 148 Å². The molecule has 1 aliphatic heterocycles. The van der Waals surface area contributed by atoms with Gasteiger partial charge in [0.05, 0.1) is 48.6 Å². The van der Waals surface area contributed by atoms with Crippen LogP contribution in [0.5, 0.6) is 0 Å². The minimum atomic E-state index is -0.975. The summed E-state index contributed by atoms with van der Waals surface area (Å²) in [7, 11) is 0. The van der Waals surface area contributed by atoms with Crippen LogP contribution < -0.4 is 10.9 Å². The number of carbonyl (C=O) groups excluding carboxylic acids is 2. The van der Waals surface area contributed by atoms with Crippen LogP contribution in [0.25, 0.3) is 33.1 Å². The third-order valence-electron chi connectivity index (χ3n) is 7.09. The molecule has 0 radical (unpaired) electrons. The van der Waals surface area contributed by atoms with Gasteiger partial charge in [-0.2, -0.15) is 0 Å². The lowest BCUT2D eigenvalue weighted by molar-refractivity contribution is -0.137. The first-order valence-corrected chi connectivity index (χ1v) is 13.2. The number of morpholine rings is 1. The first-order valence-electron chi connectivity index (χ1n) is 13.2. The molecule has 2 unspecified atom stereocenters. The molecule has 11 heteroatoms. The van der Waals surface area contributed by atoms with Crippen LogP contribution in [0.2, 0.25) is 0 Å². The Morgan fingerprint density at radius 2 is 1.82 bits per heavy atom. The molecule has 1 saturated heterocycles. The Hall–Kier alpha value is -4.06. The van der Waals surface area contributed by atoms with Crippen molar-refractivity contribution in [1.29, 1.82) is 0 Å². The number of H-pyrrole nitrogens is 2. The monoisotopic (exact) mass is 550 g/mol. The summed E-state index contributed by atoms with van der Waals surface area (Å²) in [4.78, 5) is 45.1. The minimum Gasteiger partial charge on any atom is -0.393 e. The number of aromatic nitrogens is 2. The molecule has 10 nitrogen and oxygen atoms in total. The number of fused-ring (bicyclic) bond motifs is 2. The fourth-order valence-electron chi connectivity index (χ4n) is 4.92. The quantitative estimate of drug-likeness (QED) is 0.216. The Morgan fingerprint density at radius 3 is 2.62 bits per heavy atom. The van der Waals surface area contributed by atoms with E-state index in [9.17, 15) is 29.0 Å². The Balaban J connectivity index is 1.17. The van der Waals surface area contributed by atoms with Gasteiger partial charge in [0.25, 0.3) is 11.5 Å². The summed E-state index contributed by atoms with van der Waals surface area (Å²) in [6.45, 7) is 2.13. The zero-order chi connectivity index (χ0) is 28.2. The van der Waals surface area contributed by atoms with E-state index in [1.54, 1.807) is 35.2 Å². The summed E-state index contributed by atoms with van der Waals surface area (Å²) >= 11 is 0. The highest BCUT2D eigenvalue weighted by Gasteiger charge is 2.22. The molecule has 4 aromatic rings. The number of carbonyl (C=O) groups is 2. The molecule has 40 heavy (non-hydrogen) atoms. The molecule has 5 N–H and O–H groups in total. The maximum Gasteiger partial charge on any atom is 0.257 e. The van der Waals surface area contributed by atoms with Crippen molar-refractivity contribution in [2.24, 2.45) is 0 Å². The van der Waals surface area contributed by atoms with Gasteiger partial charge in [-0.3, -0.25) is 14.4 Å². The van der Waals surface area contributed by atoms with Gasteiger partial charge in [0.1, 0.15) is 5.82 Å². The number of halogens is 1. The van der Waals surface area contributed by atoms with Crippen LogP contribution in [0.1, 0.15) is 29.6 Å². The fourth-order valence-corrected chi connectivity index (χ4v) is 4.92. The third kappa shape index (κ3) is 6.22. The number of nitrogens with zero attached hydrogens (tertiary/aromatic N) is 1. The van der Waals surface area contributed by atoms with E-state index in [0.717, 1.165) is 5.39 Å². The number of hydrogen-bond donors (Lipinski definition) is 5. The number of benzene rings is 2. The highest BCUT2D eigenvalue weighted by atomic mass is 19.1. The van der Waals surface area contributed by atoms with Crippen molar-refractivity contribution in [3.8, 4) is 11.3 Å². The number of aromatic amines is 2. The van der Waals surface area contributed by atoms with Crippen molar-refractivity contribution < 1.29 is 28.9 Å². The molecule has 0 spiro atoms. The summed E-state index contributed by atoms with van der Waals surface area (Å²) in [6, 6.07) is 12.8. The second kappa shape index (κ2) is 12.0. The Morgan fingerprint density at radius 1 is 1.02 bits per heavy atom. The van der Waals surface area contributed by atoms with Gasteiger partial charge in [0.15, 0.2) is 0 Å². The standard InChI is InChI=1S/C29H31FN4O6/c30-23-2-1-3-24-21(23)16-22(29(39)33-24)26-12-17-4-5-18(13-25(17)32-26)28(38)31-7-6-19(35)14-20(36)15-27(37)34-8-10-40-11-9-34/h1-5,12-13,16,19-20,32,35-36H,6-11,14-15H2,(H,31,38)(H,33,39). The number of amides is 2. The second-order valence-electron chi connectivity index (χ2n) is 9.98. The first-order chi connectivity index (χ1) is 19.3. The number of ether oxygens (including phenoxy) is 1. The molecule has 0 aliphatic carbocycles. The van der Waals surface area contributed by atoms with E-state index >= 15 is 0 Å². The summed E-state index contributed by atoms with van der Waals surface area (Å²) in [6.07, 6.45) is -1.68. The molecule has 1 aliphatic rings. The third-order valence-corrected chi connectivity index (χ3v) is 7.09. The maximum atomic E-state index is 14.3. The van der Waals surface area contributed by atoms with Gasteiger partial charge in [-0.25, -0.2) is 4.39 Å². The van der Waals surface area contributed by atoms with E-state index in [1.807, 2.05) is 0 Å². The molecule has 2 amide bonds. The predicted molar refractivity (Wildman–Crippen MR) is 147 cm³/mol. The Bertz CT molecular complexity index is 1590. The van der Waals surface area contributed by atoms with Crippen LogP contribution >= 0.6 is 0 Å². The molecule has 210 valence electrons. The molecular formula is C29H31FN4O6. The zero-order valence-corrected chi connectivity index (χ0v) is 21.8. The number of aliphatic hydroxyl groups excluding tert-OH is 2. The van der Waals surface area contributed by atoms with Gasteiger partial charge >= 0.3 is 0 Å². The second-order valence-corrected chi connectivity index (χ2v) is 9.98. The van der Waals surface area contributed by atoms with E-state index in [1.165, 1.54) is 18.2 Å². The molecular weight excluding hydrogens is 519 g/mol.